The van der Waals surface area contributed by atoms with E-state index >= 15 is 0 Å². The minimum atomic E-state index is 0.0210. The fourth-order valence-electron chi connectivity index (χ4n) is 6.67. The number of benzene rings is 4. The Morgan fingerprint density at radius 2 is 1.26 bits per heavy atom. The molecule has 2 saturated heterocycles. The number of aromatic amines is 3. The molecule has 0 amide bonds. The van der Waals surface area contributed by atoms with Gasteiger partial charge in [-0.2, -0.15) is 0 Å². The van der Waals surface area contributed by atoms with Crippen LogP contribution in [0.2, 0.25) is 0 Å². The Labute approximate surface area is 343 Å². The maximum absolute atomic E-state index is 11.3. The maximum atomic E-state index is 11.3. The second-order valence-electron chi connectivity index (χ2n) is 13.7. The maximum Gasteiger partial charge on any atom is 0.199 e. The molecule has 3 aliphatic rings. The molecule has 0 radical (unpaired) electrons. The number of rotatable bonds is 10. The molecule has 300 valence electrons. The van der Waals surface area contributed by atoms with Gasteiger partial charge in [-0.1, -0.05) is 115 Å². The molecule has 7 aromatic rings. The first-order valence-electron chi connectivity index (χ1n) is 19.3. The lowest BCUT2D eigenvalue weighted by Crippen LogP contribution is -2.21. The van der Waals surface area contributed by atoms with E-state index < -0.39 is 0 Å². The van der Waals surface area contributed by atoms with Gasteiger partial charge in [0.05, 0.1) is 41.8 Å². The average Bonchev–Trinajstić information content (AvgIpc) is 4.14. The van der Waals surface area contributed by atoms with Gasteiger partial charge in [0, 0.05) is 43.6 Å². The molecule has 2 fully saturated rings. The van der Waals surface area contributed by atoms with E-state index in [4.69, 9.17) is 19.3 Å². The lowest BCUT2D eigenvalue weighted by atomic mass is 10.0. The highest BCUT2D eigenvalue weighted by Crippen LogP contribution is 2.44. The highest BCUT2D eigenvalue weighted by Gasteiger charge is 2.30. The molecule has 0 aliphatic carbocycles. The number of para-hydroxylation sites is 4. The van der Waals surface area contributed by atoms with Crippen molar-refractivity contribution in [2.24, 2.45) is 15.3 Å². The molecule has 5 N–H and O–H groups in total. The summed E-state index contributed by atoms with van der Waals surface area (Å²) in [7, 11) is 0. The summed E-state index contributed by atoms with van der Waals surface area (Å²) in [5.74, 6) is 0.0960. The van der Waals surface area contributed by atoms with Gasteiger partial charge in [0.1, 0.15) is 29.8 Å². The molecule has 58 heavy (non-hydrogen) atoms. The number of epoxide rings is 2. The van der Waals surface area contributed by atoms with E-state index in [2.05, 4.69) is 66.9 Å². The number of nitroso groups, excluding NO2 is 1. The van der Waals surface area contributed by atoms with E-state index in [0.717, 1.165) is 55.9 Å². The molecule has 2 atom stereocenters. The summed E-state index contributed by atoms with van der Waals surface area (Å²) in [4.78, 5) is 32.9. The number of fused-ring (bicyclic) bond motifs is 4. The Morgan fingerprint density at radius 3 is 1.79 bits per heavy atom. The minimum absolute atomic E-state index is 0.0210. The Bertz CT molecular complexity index is 2560. The van der Waals surface area contributed by atoms with Gasteiger partial charge in [-0.25, -0.2) is 4.99 Å². The van der Waals surface area contributed by atoms with Crippen molar-refractivity contribution in [2.45, 2.75) is 33.0 Å². The highest BCUT2D eigenvalue weighted by atomic mass is 79.9. The SMILES string of the molecule is BrCC1CO1.CCN(CC)CC.O=Nc1c(-c2c(O)[nH]c3ccccc23)[nH]c2ccccc12.Oc1[nH]c2ccccc2c1C1=Nc2ccccc2/C1=N\OCC1CO1. The van der Waals surface area contributed by atoms with E-state index in [1.165, 1.54) is 19.6 Å². The van der Waals surface area contributed by atoms with Crippen LogP contribution in [-0.2, 0) is 14.3 Å². The van der Waals surface area contributed by atoms with Crippen LogP contribution in [0, 0.1) is 4.91 Å². The first-order chi connectivity index (χ1) is 28.4. The van der Waals surface area contributed by atoms with Crippen LogP contribution in [0.15, 0.2) is 112 Å². The molecule has 14 heteroatoms. The first kappa shape index (κ1) is 40.4. The number of ether oxygens (including phenoxy) is 2. The largest absolute Gasteiger partial charge is 0.494 e. The van der Waals surface area contributed by atoms with E-state index in [9.17, 15) is 15.1 Å². The van der Waals surface area contributed by atoms with Gasteiger partial charge < -0.3 is 44.4 Å². The third kappa shape index (κ3) is 9.00. The third-order valence-corrected chi connectivity index (χ3v) is 10.7. The number of hydrogen-bond acceptors (Lipinski definition) is 10. The summed E-state index contributed by atoms with van der Waals surface area (Å²) < 4.78 is 9.96. The normalized spacial score (nSPS) is 16.8. The van der Waals surface area contributed by atoms with Crippen LogP contribution in [0.5, 0.6) is 11.8 Å². The second-order valence-corrected chi connectivity index (χ2v) is 14.3. The summed E-state index contributed by atoms with van der Waals surface area (Å²) in [6.45, 7) is 12.2. The number of aromatic nitrogens is 3. The van der Waals surface area contributed by atoms with E-state index in [1.807, 2.05) is 97.1 Å². The van der Waals surface area contributed by atoms with Crippen LogP contribution < -0.4 is 0 Å². The van der Waals surface area contributed by atoms with E-state index in [1.54, 1.807) is 0 Å². The first-order valence-corrected chi connectivity index (χ1v) is 20.4. The summed E-state index contributed by atoms with van der Waals surface area (Å²) in [5.41, 5.74) is 7.43. The molecule has 0 saturated carbocycles. The lowest BCUT2D eigenvalue weighted by molar-refractivity contribution is 0.125. The quantitative estimate of drug-likeness (QED) is 0.0393. The average molecular weight is 849 g/mol. The summed E-state index contributed by atoms with van der Waals surface area (Å²) >= 11 is 3.25. The predicted molar refractivity (Wildman–Crippen MR) is 235 cm³/mol. The van der Waals surface area contributed by atoms with Crippen LogP contribution in [0.1, 0.15) is 31.9 Å². The van der Waals surface area contributed by atoms with Crippen molar-refractivity contribution < 1.29 is 24.5 Å². The second kappa shape index (κ2) is 18.6. The zero-order chi connectivity index (χ0) is 40.6. The smallest absolute Gasteiger partial charge is 0.199 e. The number of H-pyrrole nitrogens is 3. The van der Waals surface area contributed by atoms with Gasteiger partial charge in [0.15, 0.2) is 11.8 Å². The summed E-state index contributed by atoms with van der Waals surface area (Å²) in [6.07, 6.45) is 0.679. The van der Waals surface area contributed by atoms with Crippen molar-refractivity contribution in [3.05, 3.63) is 113 Å². The Hall–Kier alpha value is -5.80. The number of aliphatic imine (C=N–C) groups is 1. The molecule has 0 bridgehead atoms. The van der Waals surface area contributed by atoms with Crippen molar-refractivity contribution in [1.29, 1.82) is 0 Å². The molecule has 3 aliphatic heterocycles. The fraction of sp³-hybridized carbons (Fsp3) is 0.273. The number of alkyl halides is 1. The van der Waals surface area contributed by atoms with Crippen LogP contribution >= 0.6 is 15.9 Å². The monoisotopic (exact) mass is 847 g/mol. The minimum Gasteiger partial charge on any atom is -0.494 e. The van der Waals surface area contributed by atoms with Gasteiger partial charge in [-0.3, -0.25) is 0 Å². The van der Waals surface area contributed by atoms with Crippen molar-refractivity contribution in [3.63, 3.8) is 0 Å². The van der Waals surface area contributed by atoms with Crippen LogP contribution in [-0.4, -0.2) is 98.5 Å². The topological polar surface area (TPSA) is 180 Å². The van der Waals surface area contributed by atoms with Crippen LogP contribution in [0.3, 0.4) is 0 Å². The van der Waals surface area contributed by atoms with Crippen molar-refractivity contribution in [1.82, 2.24) is 19.9 Å². The summed E-state index contributed by atoms with van der Waals surface area (Å²) in [5, 5.41) is 31.6. The zero-order valence-corrected chi connectivity index (χ0v) is 34.1. The van der Waals surface area contributed by atoms with Crippen LogP contribution in [0.4, 0.5) is 11.4 Å². The van der Waals surface area contributed by atoms with Gasteiger partial charge in [-0.05, 0) is 49.1 Å². The molecule has 6 heterocycles. The van der Waals surface area contributed by atoms with Crippen molar-refractivity contribution >= 4 is 71.4 Å². The van der Waals surface area contributed by atoms with Gasteiger partial charge in [-0.15, -0.1) is 4.91 Å². The summed E-state index contributed by atoms with van der Waals surface area (Å²) in [6, 6.07) is 30.4. The molecular formula is C44H46BrN7O6. The Morgan fingerprint density at radius 1 is 0.741 bits per heavy atom. The number of hydrogen-bond donors (Lipinski definition) is 5. The molecule has 10 rings (SSSR count). The molecule has 0 spiro atoms. The molecule has 3 aromatic heterocycles. The van der Waals surface area contributed by atoms with Gasteiger partial charge in [0.25, 0.3) is 0 Å². The number of halogens is 1. The molecule has 4 aromatic carbocycles. The lowest BCUT2D eigenvalue weighted by Gasteiger charge is -2.13. The van der Waals surface area contributed by atoms with Crippen LogP contribution in [0.25, 0.3) is 44.0 Å². The van der Waals surface area contributed by atoms with Crippen molar-refractivity contribution in [3.8, 4) is 23.0 Å². The van der Waals surface area contributed by atoms with Gasteiger partial charge >= 0.3 is 0 Å². The molecular weight excluding hydrogens is 802 g/mol. The van der Waals surface area contributed by atoms with E-state index in [-0.39, 0.29) is 17.9 Å². The Kier molecular flexibility index (Phi) is 13.0. The van der Waals surface area contributed by atoms with Gasteiger partial charge in [0.2, 0.25) is 0 Å². The number of nitrogens with zero attached hydrogens (tertiary/aromatic N) is 4. The molecule has 2 unspecified atom stereocenters. The van der Waals surface area contributed by atoms with E-state index in [0.29, 0.717) is 53.2 Å². The standard InChI is InChI=1S/C19H15N3O3.C16H11N3O2.C6H15N.C3H5BrO/c23-19-16(12-5-1-3-7-14(12)21-19)18-17(22-25-10-11-9-24-11)13-6-2-4-8-15(13)20-18;20-16-13(9-5-1-3-7-11(9)18-16)15-14(19-21)10-6-2-4-8-12(10)17-15;1-4-7(5-2)6-3;4-1-3-2-5-3/h1-8,11,21,23H,9-10H2;1-8,17-18,20H;4-6H2,1-3H3;3H,1-2H2/b22-17+;;;. The Balaban J connectivity index is 0.000000139. The molecule has 13 nitrogen and oxygen atoms in total. The number of oxime groups is 1. The fourth-order valence-corrected chi connectivity index (χ4v) is 7.04. The highest BCUT2D eigenvalue weighted by molar-refractivity contribution is 9.09. The number of aromatic hydroxyl groups is 2. The number of nitrogens with one attached hydrogen (secondary N) is 3. The predicted octanol–water partition coefficient (Wildman–Crippen LogP) is 9.68. The third-order valence-electron chi connectivity index (χ3n) is 9.98. The van der Waals surface area contributed by atoms with Crippen molar-refractivity contribution in [2.75, 3.05) is 44.8 Å². The zero-order valence-electron chi connectivity index (χ0n) is 32.5.